The van der Waals surface area contributed by atoms with Gasteiger partial charge in [0.25, 0.3) is 0 Å². The van der Waals surface area contributed by atoms with Crippen LogP contribution in [0.4, 0.5) is 0 Å². The van der Waals surface area contributed by atoms with Crippen LogP contribution in [0.15, 0.2) is 0 Å². The van der Waals surface area contributed by atoms with E-state index in [2.05, 4.69) is 18.7 Å². The number of aliphatic hydroxyl groups is 1. The van der Waals surface area contributed by atoms with Gasteiger partial charge < -0.3 is 10.8 Å². The van der Waals surface area contributed by atoms with Gasteiger partial charge in [0.05, 0.1) is 17.1 Å². The van der Waals surface area contributed by atoms with Crippen LogP contribution in [-0.4, -0.2) is 39.7 Å². The average Bonchev–Trinajstić information content (AvgIpc) is 2.11. The first-order valence-corrected chi connectivity index (χ1v) is 5.70. The van der Waals surface area contributed by atoms with E-state index in [0.717, 1.165) is 19.3 Å². The molecule has 0 saturated carbocycles. The highest BCUT2D eigenvalue weighted by atomic mass is 32.1. The fourth-order valence-electron chi connectivity index (χ4n) is 2.15. The van der Waals surface area contributed by atoms with Gasteiger partial charge in [-0.05, 0) is 26.2 Å². The number of rotatable bonds is 3. The molecule has 0 amide bonds. The lowest BCUT2D eigenvalue weighted by atomic mass is 9.98. The van der Waals surface area contributed by atoms with E-state index in [1.807, 2.05) is 0 Å². The van der Waals surface area contributed by atoms with Crippen LogP contribution in [0.5, 0.6) is 0 Å². The lowest BCUT2D eigenvalue weighted by molar-refractivity contribution is 0.0294. The van der Waals surface area contributed by atoms with E-state index in [0.29, 0.717) is 17.6 Å². The van der Waals surface area contributed by atoms with Crippen LogP contribution >= 0.6 is 12.2 Å². The molecule has 0 aromatic carbocycles. The van der Waals surface area contributed by atoms with Crippen LogP contribution in [0.2, 0.25) is 0 Å². The first-order valence-electron chi connectivity index (χ1n) is 5.29. The van der Waals surface area contributed by atoms with Crippen LogP contribution in [0.1, 0.15) is 33.1 Å². The Morgan fingerprint density at radius 3 is 2.79 bits per heavy atom. The van der Waals surface area contributed by atoms with E-state index in [9.17, 15) is 5.11 Å². The van der Waals surface area contributed by atoms with Crippen molar-refractivity contribution >= 4 is 17.2 Å². The molecule has 0 radical (unpaired) electrons. The maximum absolute atomic E-state index is 9.60. The van der Waals surface area contributed by atoms with E-state index in [4.69, 9.17) is 18.0 Å². The molecule has 1 rings (SSSR count). The van der Waals surface area contributed by atoms with Gasteiger partial charge in [-0.2, -0.15) is 0 Å². The molecular weight excluding hydrogens is 196 g/mol. The monoisotopic (exact) mass is 216 g/mol. The summed E-state index contributed by atoms with van der Waals surface area (Å²) in [6.45, 7) is 4.96. The molecule has 0 spiro atoms. The molecule has 1 aliphatic heterocycles. The Kier molecular flexibility index (Phi) is 4.29. The van der Waals surface area contributed by atoms with Crippen LogP contribution in [-0.2, 0) is 0 Å². The minimum Gasteiger partial charge on any atom is -0.392 e. The van der Waals surface area contributed by atoms with Crippen molar-refractivity contribution in [2.45, 2.75) is 51.3 Å². The lowest BCUT2D eigenvalue weighted by Crippen LogP contribution is -2.53. The highest BCUT2D eigenvalue weighted by molar-refractivity contribution is 7.80. The quantitative estimate of drug-likeness (QED) is 0.688. The molecule has 0 aromatic rings. The number of likely N-dealkylation sites (tertiary alicyclic amines) is 1. The molecule has 3 unspecified atom stereocenters. The molecule has 3 atom stereocenters. The van der Waals surface area contributed by atoms with Crippen molar-refractivity contribution in [2.24, 2.45) is 5.73 Å². The summed E-state index contributed by atoms with van der Waals surface area (Å²) in [5.74, 6) is 0. The van der Waals surface area contributed by atoms with E-state index < -0.39 is 0 Å². The Hall–Kier alpha value is -0.190. The van der Waals surface area contributed by atoms with Crippen LogP contribution in [0.25, 0.3) is 0 Å². The third kappa shape index (κ3) is 2.65. The summed E-state index contributed by atoms with van der Waals surface area (Å²) in [4.78, 5) is 2.78. The van der Waals surface area contributed by atoms with E-state index in [1.54, 1.807) is 0 Å². The predicted molar refractivity (Wildman–Crippen MR) is 62.3 cm³/mol. The minimum atomic E-state index is -0.213. The zero-order valence-electron chi connectivity index (χ0n) is 8.94. The smallest absolute Gasteiger partial charge is 0.0902 e. The topological polar surface area (TPSA) is 49.5 Å². The Labute approximate surface area is 91.3 Å². The van der Waals surface area contributed by atoms with Crippen LogP contribution in [0, 0.1) is 0 Å². The van der Waals surface area contributed by atoms with Crippen molar-refractivity contribution in [1.29, 1.82) is 0 Å². The maximum atomic E-state index is 9.60. The Morgan fingerprint density at radius 2 is 2.29 bits per heavy atom. The summed E-state index contributed by atoms with van der Waals surface area (Å²) in [7, 11) is 0. The number of hydrogen-bond acceptors (Lipinski definition) is 3. The summed E-state index contributed by atoms with van der Waals surface area (Å²) in [5.41, 5.74) is 5.69. The summed E-state index contributed by atoms with van der Waals surface area (Å²) < 4.78 is 0. The number of nitrogens with two attached hydrogens (primary N) is 1. The zero-order chi connectivity index (χ0) is 10.7. The van der Waals surface area contributed by atoms with E-state index >= 15 is 0 Å². The van der Waals surface area contributed by atoms with Gasteiger partial charge in [0.2, 0.25) is 0 Å². The van der Waals surface area contributed by atoms with Crippen molar-refractivity contribution < 1.29 is 5.11 Å². The lowest BCUT2D eigenvalue weighted by Gasteiger charge is -2.40. The molecule has 0 bridgehead atoms. The van der Waals surface area contributed by atoms with Crippen LogP contribution < -0.4 is 5.73 Å². The van der Waals surface area contributed by atoms with Crippen molar-refractivity contribution in [3.63, 3.8) is 0 Å². The number of β-amino-alcohol motifs (C(OH)–C–C–N with tert-alkyl or cyclic N) is 1. The second-order valence-corrected chi connectivity index (χ2v) is 4.57. The molecule has 1 fully saturated rings. The molecule has 3 N–H and O–H groups in total. The number of piperidine rings is 1. The molecular formula is C10H20N2OS. The second kappa shape index (κ2) is 5.05. The molecule has 1 saturated heterocycles. The molecule has 1 heterocycles. The van der Waals surface area contributed by atoms with Crippen molar-refractivity contribution in [2.75, 3.05) is 6.54 Å². The minimum absolute atomic E-state index is 0.148. The normalized spacial score (nSPS) is 31.4. The first kappa shape index (κ1) is 11.9. The van der Waals surface area contributed by atoms with Gasteiger partial charge in [-0.3, -0.25) is 4.90 Å². The van der Waals surface area contributed by atoms with E-state index in [1.165, 1.54) is 0 Å². The van der Waals surface area contributed by atoms with Crippen molar-refractivity contribution in [3.8, 4) is 0 Å². The van der Waals surface area contributed by atoms with Gasteiger partial charge >= 0.3 is 0 Å². The van der Waals surface area contributed by atoms with Crippen LogP contribution in [0.3, 0.4) is 0 Å². The number of aliphatic hydroxyl groups excluding tert-OH is 1. The molecule has 14 heavy (non-hydrogen) atoms. The first-order chi connectivity index (χ1) is 6.56. The highest BCUT2D eigenvalue weighted by Gasteiger charge is 2.30. The zero-order valence-corrected chi connectivity index (χ0v) is 9.76. The van der Waals surface area contributed by atoms with Gasteiger partial charge in [0.15, 0.2) is 0 Å². The standard InChI is InChI=1S/C10H20N2OS/c1-3-9(10(11)14)12-6-8(13)5-4-7(12)2/h7-9,13H,3-6H2,1-2H3,(H2,11,14). The predicted octanol–water partition coefficient (Wildman–Crippen LogP) is 0.896. The summed E-state index contributed by atoms with van der Waals surface area (Å²) in [6, 6.07) is 0.625. The molecule has 4 heteroatoms. The third-order valence-electron chi connectivity index (χ3n) is 3.02. The second-order valence-electron chi connectivity index (χ2n) is 4.10. The van der Waals surface area contributed by atoms with E-state index in [-0.39, 0.29) is 12.1 Å². The van der Waals surface area contributed by atoms with Gasteiger partial charge in [-0.25, -0.2) is 0 Å². The van der Waals surface area contributed by atoms with Gasteiger partial charge in [0.1, 0.15) is 0 Å². The van der Waals surface area contributed by atoms with Gasteiger partial charge in [-0.15, -0.1) is 0 Å². The Morgan fingerprint density at radius 1 is 1.64 bits per heavy atom. The fourth-order valence-corrected chi connectivity index (χ4v) is 2.45. The highest BCUT2D eigenvalue weighted by Crippen LogP contribution is 2.21. The number of nitrogens with zero attached hydrogens (tertiary/aromatic N) is 1. The SMILES string of the molecule is CCC(C(N)=S)N1CC(O)CCC1C. The molecule has 0 aliphatic carbocycles. The third-order valence-corrected chi connectivity index (χ3v) is 3.29. The largest absolute Gasteiger partial charge is 0.392 e. The average molecular weight is 216 g/mol. The molecule has 3 nitrogen and oxygen atoms in total. The molecule has 1 aliphatic rings. The number of thiocarbonyl (C=S) groups is 1. The summed E-state index contributed by atoms with van der Waals surface area (Å²) in [5, 5.41) is 9.60. The summed E-state index contributed by atoms with van der Waals surface area (Å²) >= 11 is 5.04. The van der Waals surface area contributed by atoms with Gasteiger partial charge in [-0.1, -0.05) is 19.1 Å². The van der Waals surface area contributed by atoms with Gasteiger partial charge in [0, 0.05) is 12.6 Å². The summed E-state index contributed by atoms with van der Waals surface area (Å²) in [6.07, 6.45) is 2.63. The Bertz CT molecular complexity index is 210. The maximum Gasteiger partial charge on any atom is 0.0902 e. The molecule has 82 valence electrons. The number of hydrogen-bond donors (Lipinski definition) is 2. The van der Waals surface area contributed by atoms with Crippen molar-refractivity contribution in [3.05, 3.63) is 0 Å². The fraction of sp³-hybridized carbons (Fsp3) is 0.900. The molecule has 0 aromatic heterocycles. The van der Waals surface area contributed by atoms with Crippen molar-refractivity contribution in [1.82, 2.24) is 4.90 Å². The Balaban J connectivity index is 2.66.